The van der Waals surface area contributed by atoms with Gasteiger partial charge in [0, 0.05) is 16.9 Å². The SMILES string of the molecule is O=C(CC(C[N+](=O)[O-])(c1cc(Cl)c(Cl)c(Cl)c1)C(F)(F)F)c1ccc(F)c(Br)c1. The van der Waals surface area contributed by atoms with Crippen LogP contribution in [0.2, 0.25) is 15.1 Å². The van der Waals surface area contributed by atoms with Crippen LogP contribution in [0.15, 0.2) is 34.8 Å². The topological polar surface area (TPSA) is 60.2 Å². The Bertz CT molecular complexity index is 964. The fourth-order valence-electron chi connectivity index (χ4n) is 2.70. The number of nitrogens with zero attached hydrogens (tertiary/aromatic N) is 1. The van der Waals surface area contributed by atoms with Crippen molar-refractivity contribution in [3.63, 3.8) is 0 Å². The highest BCUT2D eigenvalue weighted by Gasteiger charge is 2.60. The Morgan fingerprint density at radius 3 is 2.10 bits per heavy atom. The number of hydrogen-bond donors (Lipinski definition) is 0. The summed E-state index contributed by atoms with van der Waals surface area (Å²) in [5, 5.41) is 10.2. The van der Waals surface area contributed by atoms with E-state index in [0.717, 1.165) is 30.3 Å². The van der Waals surface area contributed by atoms with E-state index in [0.29, 0.717) is 0 Å². The third-order valence-electron chi connectivity index (χ3n) is 4.18. The smallest absolute Gasteiger partial charge is 0.294 e. The molecule has 0 heterocycles. The van der Waals surface area contributed by atoms with Crippen LogP contribution in [0.3, 0.4) is 0 Å². The highest BCUT2D eigenvalue weighted by atomic mass is 79.9. The van der Waals surface area contributed by atoms with Crippen LogP contribution >= 0.6 is 50.7 Å². The van der Waals surface area contributed by atoms with Gasteiger partial charge in [-0.25, -0.2) is 4.39 Å². The molecule has 156 valence electrons. The Balaban J connectivity index is 2.67. The summed E-state index contributed by atoms with van der Waals surface area (Å²) in [6.07, 6.45) is -6.56. The minimum Gasteiger partial charge on any atom is -0.294 e. The van der Waals surface area contributed by atoms with E-state index in [1.165, 1.54) is 0 Å². The van der Waals surface area contributed by atoms with Crippen molar-refractivity contribution in [3.8, 4) is 0 Å². The van der Waals surface area contributed by atoms with Crippen molar-refractivity contribution in [2.75, 3.05) is 6.54 Å². The highest BCUT2D eigenvalue weighted by Crippen LogP contribution is 2.47. The van der Waals surface area contributed by atoms with Crippen molar-refractivity contribution in [2.24, 2.45) is 0 Å². The van der Waals surface area contributed by atoms with Gasteiger partial charge in [0.15, 0.2) is 11.2 Å². The van der Waals surface area contributed by atoms with E-state index < -0.39 is 46.6 Å². The molecule has 29 heavy (non-hydrogen) atoms. The van der Waals surface area contributed by atoms with Gasteiger partial charge in [0.2, 0.25) is 6.54 Å². The summed E-state index contributed by atoms with van der Waals surface area (Å²) in [4.78, 5) is 22.6. The van der Waals surface area contributed by atoms with E-state index in [1.54, 1.807) is 0 Å². The predicted molar refractivity (Wildman–Crippen MR) is 104 cm³/mol. The summed E-state index contributed by atoms with van der Waals surface area (Å²) in [7, 11) is 0. The fraction of sp³-hybridized carbons (Fsp3) is 0.235. The van der Waals surface area contributed by atoms with Crippen molar-refractivity contribution in [2.45, 2.75) is 18.0 Å². The average Bonchev–Trinajstić information content (AvgIpc) is 2.59. The molecule has 0 aromatic heterocycles. The maximum atomic E-state index is 14.2. The van der Waals surface area contributed by atoms with Gasteiger partial charge >= 0.3 is 6.18 Å². The highest BCUT2D eigenvalue weighted by molar-refractivity contribution is 9.10. The van der Waals surface area contributed by atoms with Gasteiger partial charge in [0.05, 0.1) is 19.5 Å². The Morgan fingerprint density at radius 2 is 1.66 bits per heavy atom. The molecule has 0 spiro atoms. The molecular formula is C17H9BrCl3F4NO3. The first-order chi connectivity index (χ1) is 13.3. The van der Waals surface area contributed by atoms with Crippen molar-refractivity contribution in [3.05, 3.63) is 76.9 Å². The second-order valence-electron chi connectivity index (χ2n) is 6.05. The van der Waals surface area contributed by atoms with E-state index in [-0.39, 0.29) is 25.1 Å². The fourth-order valence-corrected chi connectivity index (χ4v) is 3.68. The third-order valence-corrected chi connectivity index (χ3v) is 5.99. The minimum atomic E-state index is -5.23. The first-order valence-electron chi connectivity index (χ1n) is 7.60. The number of nitro groups is 1. The lowest BCUT2D eigenvalue weighted by Crippen LogP contribution is -2.49. The van der Waals surface area contributed by atoms with E-state index >= 15 is 0 Å². The zero-order valence-corrected chi connectivity index (χ0v) is 17.9. The zero-order chi connectivity index (χ0) is 22.1. The van der Waals surface area contributed by atoms with Gasteiger partial charge in [0.1, 0.15) is 5.82 Å². The van der Waals surface area contributed by atoms with Crippen LogP contribution < -0.4 is 0 Å². The van der Waals surface area contributed by atoms with Gasteiger partial charge < -0.3 is 0 Å². The molecule has 0 fully saturated rings. The van der Waals surface area contributed by atoms with E-state index in [9.17, 15) is 32.5 Å². The molecule has 1 unspecified atom stereocenters. The maximum Gasteiger partial charge on any atom is 0.405 e. The molecule has 0 saturated carbocycles. The van der Waals surface area contributed by atoms with E-state index in [1.807, 2.05) is 0 Å². The summed E-state index contributed by atoms with van der Waals surface area (Å²) >= 11 is 20.2. The monoisotopic (exact) mass is 535 g/mol. The lowest BCUT2D eigenvalue weighted by atomic mass is 9.74. The quantitative estimate of drug-likeness (QED) is 0.132. The number of alkyl halides is 3. The largest absolute Gasteiger partial charge is 0.405 e. The van der Waals surface area contributed by atoms with Crippen LogP contribution in [0.25, 0.3) is 0 Å². The van der Waals surface area contributed by atoms with E-state index in [2.05, 4.69) is 15.9 Å². The van der Waals surface area contributed by atoms with Gasteiger partial charge in [0.25, 0.3) is 0 Å². The second kappa shape index (κ2) is 8.75. The lowest BCUT2D eigenvalue weighted by molar-refractivity contribution is -0.501. The molecule has 1 atom stereocenters. The maximum absolute atomic E-state index is 14.2. The molecule has 0 amide bonds. The Kier molecular flexibility index (Phi) is 7.20. The number of carbonyl (C=O) groups excluding carboxylic acids is 1. The number of rotatable bonds is 6. The summed E-state index contributed by atoms with van der Waals surface area (Å²) in [6.45, 7) is -1.65. The van der Waals surface area contributed by atoms with Crippen LogP contribution in [0.4, 0.5) is 17.6 Å². The normalized spacial score (nSPS) is 13.8. The average molecular weight is 538 g/mol. The van der Waals surface area contributed by atoms with Gasteiger partial charge in [-0.3, -0.25) is 14.9 Å². The lowest BCUT2D eigenvalue weighted by Gasteiger charge is -2.32. The molecule has 2 rings (SSSR count). The molecule has 0 aliphatic carbocycles. The first kappa shape index (κ1) is 23.9. The molecule has 0 saturated heterocycles. The number of halogens is 8. The van der Waals surface area contributed by atoms with Crippen LogP contribution in [-0.2, 0) is 5.41 Å². The Labute approximate surface area is 185 Å². The summed E-state index contributed by atoms with van der Waals surface area (Å²) in [6, 6.07) is 4.45. The second-order valence-corrected chi connectivity index (χ2v) is 8.10. The van der Waals surface area contributed by atoms with Crippen molar-refractivity contribution in [1.29, 1.82) is 0 Å². The van der Waals surface area contributed by atoms with Crippen molar-refractivity contribution in [1.82, 2.24) is 0 Å². The number of carbonyl (C=O) groups is 1. The van der Waals surface area contributed by atoms with Gasteiger partial charge in [-0.2, -0.15) is 13.2 Å². The van der Waals surface area contributed by atoms with Crippen LogP contribution in [0, 0.1) is 15.9 Å². The van der Waals surface area contributed by atoms with Crippen LogP contribution in [0.1, 0.15) is 22.3 Å². The predicted octanol–water partition coefficient (Wildman–Crippen LogP) is 6.90. The molecule has 0 N–H and O–H groups in total. The molecule has 0 bridgehead atoms. The van der Waals surface area contributed by atoms with Gasteiger partial charge in [-0.15, -0.1) is 0 Å². The van der Waals surface area contributed by atoms with Crippen LogP contribution in [0.5, 0.6) is 0 Å². The van der Waals surface area contributed by atoms with Gasteiger partial charge in [-0.1, -0.05) is 34.8 Å². The number of Topliss-reactive ketones (excluding diaryl/α,β-unsaturated/α-hetero) is 1. The summed E-state index contributed by atoms with van der Waals surface area (Å²) < 4.78 is 55.7. The summed E-state index contributed by atoms with van der Waals surface area (Å²) in [5.74, 6) is -1.82. The molecule has 4 nitrogen and oxygen atoms in total. The van der Waals surface area contributed by atoms with Gasteiger partial charge in [-0.05, 0) is 51.8 Å². The zero-order valence-electron chi connectivity index (χ0n) is 14.0. The van der Waals surface area contributed by atoms with Crippen molar-refractivity contribution < 1.29 is 27.3 Å². The first-order valence-corrected chi connectivity index (χ1v) is 9.53. The number of benzene rings is 2. The molecule has 0 aliphatic heterocycles. The Morgan fingerprint density at radius 1 is 1.10 bits per heavy atom. The van der Waals surface area contributed by atoms with Crippen molar-refractivity contribution >= 4 is 56.5 Å². The molecular weight excluding hydrogens is 528 g/mol. The minimum absolute atomic E-state index is 0.146. The number of ketones is 1. The number of hydrogen-bond acceptors (Lipinski definition) is 3. The molecule has 0 aliphatic rings. The Hall–Kier alpha value is -1.42. The standard InChI is InChI=1S/C17H9BrCl3F4NO3/c18-10-3-8(1-2-13(10)22)14(27)6-16(7-26(28)29,17(23,24)25)9-4-11(19)15(21)12(20)5-9/h1-5H,6-7H2. The third kappa shape index (κ3) is 5.02. The van der Waals surface area contributed by atoms with E-state index in [4.69, 9.17) is 34.8 Å². The molecule has 2 aromatic carbocycles. The molecule has 0 radical (unpaired) electrons. The summed E-state index contributed by atoms with van der Waals surface area (Å²) in [5.41, 5.74) is -4.19. The molecule has 12 heteroatoms. The molecule has 2 aromatic rings. The van der Waals surface area contributed by atoms with Crippen LogP contribution in [-0.4, -0.2) is 23.4 Å².